The number of nitrogens with zero attached hydrogens (tertiary/aromatic N) is 5. The molecule has 0 aromatic carbocycles. The molecule has 4 heterocycles. The van der Waals surface area contributed by atoms with Gasteiger partial charge in [-0.15, -0.1) is 15.3 Å². The molecule has 0 spiro atoms. The lowest BCUT2D eigenvalue weighted by Crippen LogP contribution is -2.31. The van der Waals surface area contributed by atoms with E-state index in [1.54, 1.807) is 6.07 Å². The third kappa shape index (κ3) is 4.57. The van der Waals surface area contributed by atoms with Gasteiger partial charge in [-0.25, -0.2) is 0 Å². The van der Waals surface area contributed by atoms with E-state index < -0.39 is 0 Å². The number of rotatable bonds is 7. The van der Waals surface area contributed by atoms with E-state index in [9.17, 15) is 9.59 Å². The van der Waals surface area contributed by atoms with Crippen LogP contribution in [0.15, 0.2) is 36.1 Å². The van der Waals surface area contributed by atoms with Crippen molar-refractivity contribution in [3.05, 3.63) is 46.8 Å². The maximum Gasteiger partial charge on any atom is 0.282 e. The first kappa shape index (κ1) is 19.0. The fourth-order valence-corrected chi connectivity index (χ4v) is 3.98. The topological polar surface area (TPSA) is 125 Å². The van der Waals surface area contributed by atoms with Crippen molar-refractivity contribution in [2.75, 3.05) is 36.4 Å². The summed E-state index contributed by atoms with van der Waals surface area (Å²) in [5.74, 6) is 0.408. The normalized spacial score (nSPS) is 18.1. The molecule has 3 N–H and O–H groups in total. The predicted octanol–water partition coefficient (Wildman–Crippen LogP) is 0.663. The molecule has 2 aliphatic rings. The molecule has 10 nitrogen and oxygen atoms in total. The number of aromatic nitrogens is 4. The molecule has 2 aromatic heterocycles. The SMILES string of the molecule is O=CNc1ccc(C2CCN(c3nnc(C(=O)NCC4=CC=CCN4)s3)C2)nn1. The Kier molecular flexibility index (Phi) is 5.75. The quantitative estimate of drug-likeness (QED) is 0.567. The summed E-state index contributed by atoms with van der Waals surface area (Å²) in [6.07, 6.45) is 7.38. The second-order valence-electron chi connectivity index (χ2n) is 6.61. The molecule has 0 radical (unpaired) electrons. The molecule has 4 rings (SSSR count). The van der Waals surface area contributed by atoms with Crippen LogP contribution in [-0.2, 0) is 4.79 Å². The molecule has 1 saturated heterocycles. The van der Waals surface area contributed by atoms with E-state index in [4.69, 9.17) is 0 Å². The summed E-state index contributed by atoms with van der Waals surface area (Å²) in [4.78, 5) is 24.9. The lowest BCUT2D eigenvalue weighted by molar-refractivity contribution is -0.105. The molecule has 1 unspecified atom stereocenters. The van der Waals surface area contributed by atoms with Crippen molar-refractivity contribution in [2.24, 2.45) is 0 Å². The Labute approximate surface area is 171 Å². The van der Waals surface area contributed by atoms with Crippen LogP contribution in [-0.4, -0.2) is 58.9 Å². The predicted molar refractivity (Wildman–Crippen MR) is 109 cm³/mol. The first-order valence-corrected chi connectivity index (χ1v) is 10.0. The summed E-state index contributed by atoms with van der Waals surface area (Å²) in [5, 5.41) is 26.0. The van der Waals surface area contributed by atoms with Gasteiger partial charge in [-0.3, -0.25) is 9.59 Å². The zero-order valence-electron chi connectivity index (χ0n) is 15.5. The number of hydrogen-bond acceptors (Lipinski definition) is 9. The summed E-state index contributed by atoms with van der Waals surface area (Å²) < 4.78 is 0. The first-order valence-electron chi connectivity index (χ1n) is 9.23. The average molecular weight is 412 g/mol. The van der Waals surface area contributed by atoms with Gasteiger partial charge in [0.25, 0.3) is 5.91 Å². The highest BCUT2D eigenvalue weighted by Crippen LogP contribution is 2.31. The standard InChI is InChI=1S/C18H20N8O2S/c27-11-21-15-5-4-14(22-23-15)12-6-8-26(10-12)18-25-24-17(29-18)16(28)20-9-13-3-1-2-7-19-13/h1-5,11-12,19H,6-10H2,(H,20,28)(H,21,23,27). The van der Waals surface area contributed by atoms with Crippen molar-refractivity contribution >= 4 is 34.6 Å². The Hall–Kier alpha value is -3.34. The smallest absolute Gasteiger partial charge is 0.282 e. The number of allylic oxidation sites excluding steroid dienone is 2. The van der Waals surface area contributed by atoms with Crippen molar-refractivity contribution in [2.45, 2.75) is 12.3 Å². The maximum absolute atomic E-state index is 12.3. The zero-order valence-corrected chi connectivity index (χ0v) is 16.4. The Morgan fingerprint density at radius 1 is 1.31 bits per heavy atom. The van der Waals surface area contributed by atoms with E-state index in [1.807, 2.05) is 24.3 Å². The number of anilines is 2. The van der Waals surface area contributed by atoms with E-state index in [1.165, 1.54) is 11.3 Å². The highest BCUT2D eigenvalue weighted by Gasteiger charge is 2.28. The second kappa shape index (κ2) is 8.78. The minimum absolute atomic E-state index is 0.214. The van der Waals surface area contributed by atoms with E-state index in [0.29, 0.717) is 23.8 Å². The Morgan fingerprint density at radius 3 is 3.00 bits per heavy atom. The first-order chi connectivity index (χ1) is 14.2. The highest BCUT2D eigenvalue weighted by atomic mass is 32.1. The van der Waals surface area contributed by atoms with E-state index in [-0.39, 0.29) is 11.8 Å². The molecule has 11 heteroatoms. The van der Waals surface area contributed by atoms with Gasteiger partial charge in [-0.1, -0.05) is 23.5 Å². The van der Waals surface area contributed by atoms with Crippen LogP contribution in [0, 0.1) is 0 Å². The number of amides is 2. The molecule has 0 aliphatic carbocycles. The molecule has 1 fully saturated rings. The van der Waals surface area contributed by atoms with Crippen LogP contribution in [0.5, 0.6) is 0 Å². The van der Waals surface area contributed by atoms with Crippen molar-refractivity contribution in [3.8, 4) is 0 Å². The van der Waals surface area contributed by atoms with Gasteiger partial charge in [0, 0.05) is 31.2 Å². The van der Waals surface area contributed by atoms with Crippen molar-refractivity contribution in [3.63, 3.8) is 0 Å². The van der Waals surface area contributed by atoms with E-state index in [0.717, 1.165) is 42.6 Å². The third-order valence-electron chi connectivity index (χ3n) is 4.70. The Morgan fingerprint density at radius 2 is 2.24 bits per heavy atom. The molecule has 150 valence electrons. The molecule has 1 atom stereocenters. The lowest BCUT2D eigenvalue weighted by Gasteiger charge is -2.14. The summed E-state index contributed by atoms with van der Waals surface area (Å²) >= 11 is 1.28. The number of carbonyl (C=O) groups is 2. The largest absolute Gasteiger partial charge is 0.383 e. The van der Waals surface area contributed by atoms with Gasteiger partial charge in [0.15, 0.2) is 5.82 Å². The average Bonchev–Trinajstić information content (AvgIpc) is 3.43. The summed E-state index contributed by atoms with van der Waals surface area (Å²) in [6, 6.07) is 3.61. The Bertz CT molecular complexity index is 940. The van der Waals surface area contributed by atoms with Gasteiger partial charge in [-0.2, -0.15) is 5.10 Å². The van der Waals surface area contributed by atoms with Gasteiger partial charge in [0.05, 0.1) is 12.2 Å². The minimum atomic E-state index is -0.231. The fraction of sp³-hybridized carbons (Fsp3) is 0.333. The zero-order chi connectivity index (χ0) is 20.1. The molecule has 0 bridgehead atoms. The van der Waals surface area contributed by atoms with Crippen LogP contribution in [0.25, 0.3) is 0 Å². The third-order valence-corrected chi connectivity index (χ3v) is 5.68. The van der Waals surface area contributed by atoms with Gasteiger partial charge in [-0.05, 0) is 24.6 Å². The van der Waals surface area contributed by atoms with Crippen LogP contribution in [0.1, 0.15) is 27.8 Å². The molecule has 29 heavy (non-hydrogen) atoms. The molecular weight excluding hydrogens is 392 g/mol. The number of carbonyl (C=O) groups excluding carboxylic acids is 2. The summed E-state index contributed by atoms with van der Waals surface area (Å²) in [5.41, 5.74) is 1.83. The molecule has 0 saturated carbocycles. The van der Waals surface area contributed by atoms with Crippen molar-refractivity contribution in [1.29, 1.82) is 0 Å². The maximum atomic E-state index is 12.3. The van der Waals surface area contributed by atoms with Gasteiger partial charge >= 0.3 is 0 Å². The summed E-state index contributed by atoms with van der Waals surface area (Å²) in [7, 11) is 0. The second-order valence-corrected chi connectivity index (χ2v) is 7.57. The lowest BCUT2D eigenvalue weighted by atomic mass is 10.1. The van der Waals surface area contributed by atoms with E-state index >= 15 is 0 Å². The van der Waals surface area contributed by atoms with E-state index in [2.05, 4.69) is 41.2 Å². The van der Waals surface area contributed by atoms with Crippen molar-refractivity contribution in [1.82, 2.24) is 31.0 Å². The number of hydrogen-bond donors (Lipinski definition) is 3. The van der Waals surface area contributed by atoms with Crippen LogP contribution in [0.3, 0.4) is 0 Å². The highest BCUT2D eigenvalue weighted by molar-refractivity contribution is 7.17. The van der Waals surface area contributed by atoms with Gasteiger partial charge in [0.2, 0.25) is 16.5 Å². The minimum Gasteiger partial charge on any atom is -0.383 e. The van der Waals surface area contributed by atoms with Gasteiger partial charge in [0.1, 0.15) is 0 Å². The summed E-state index contributed by atoms with van der Waals surface area (Å²) in [6.45, 7) is 2.73. The van der Waals surface area contributed by atoms with Crippen LogP contribution >= 0.6 is 11.3 Å². The fourth-order valence-electron chi connectivity index (χ4n) is 3.18. The van der Waals surface area contributed by atoms with Crippen LogP contribution in [0.4, 0.5) is 10.9 Å². The number of dihydropyridines is 1. The van der Waals surface area contributed by atoms with Crippen molar-refractivity contribution < 1.29 is 9.59 Å². The number of nitrogens with one attached hydrogen (secondary N) is 3. The molecule has 2 aromatic rings. The molecular formula is C18H20N8O2S. The Balaban J connectivity index is 1.33. The van der Waals surface area contributed by atoms with Gasteiger partial charge < -0.3 is 20.9 Å². The van der Waals surface area contributed by atoms with Crippen LogP contribution in [0.2, 0.25) is 0 Å². The van der Waals surface area contributed by atoms with Crippen LogP contribution < -0.4 is 20.9 Å². The monoisotopic (exact) mass is 412 g/mol. The molecule has 2 aliphatic heterocycles. The molecule has 2 amide bonds.